The van der Waals surface area contributed by atoms with Crippen LogP contribution in [0.1, 0.15) is 31.4 Å². The van der Waals surface area contributed by atoms with Gasteiger partial charge in [-0.15, -0.1) is 0 Å². The third-order valence-corrected chi connectivity index (χ3v) is 4.04. The minimum atomic E-state index is 0.862. The van der Waals surface area contributed by atoms with Crippen LogP contribution in [0.2, 0.25) is 0 Å². The Morgan fingerprint density at radius 3 is 2.41 bits per heavy atom. The number of para-hydroxylation sites is 1. The molecule has 3 rings (SSSR count). The summed E-state index contributed by atoms with van der Waals surface area (Å²) in [5.41, 5.74) is 8.02. The number of rotatable bonds is 4. The summed E-state index contributed by atoms with van der Waals surface area (Å²) < 4.78 is 0. The standard InChI is InChI=1S/C21H21N/c1-16-14-17(2)21(15-16)20-11-7-6-8-18(20)12-13-22-19-9-4-3-5-10-19/h3-11,13-14H,12,15H2,1-2H3. The van der Waals surface area contributed by atoms with E-state index in [0.717, 1.165) is 18.5 Å². The van der Waals surface area contributed by atoms with E-state index in [2.05, 4.69) is 49.2 Å². The summed E-state index contributed by atoms with van der Waals surface area (Å²) in [4.78, 5) is 4.55. The molecule has 0 saturated carbocycles. The molecule has 110 valence electrons. The highest BCUT2D eigenvalue weighted by atomic mass is 14.7. The van der Waals surface area contributed by atoms with Crippen LogP contribution in [0.5, 0.6) is 0 Å². The van der Waals surface area contributed by atoms with Crippen LogP contribution in [-0.4, -0.2) is 6.21 Å². The third kappa shape index (κ3) is 3.25. The van der Waals surface area contributed by atoms with Crippen molar-refractivity contribution in [1.82, 2.24) is 0 Å². The maximum absolute atomic E-state index is 4.55. The smallest absolute Gasteiger partial charge is 0.0625 e. The van der Waals surface area contributed by atoms with Gasteiger partial charge in [0, 0.05) is 12.6 Å². The minimum absolute atomic E-state index is 0.862. The van der Waals surface area contributed by atoms with Crippen LogP contribution in [0.25, 0.3) is 5.57 Å². The fraction of sp³-hybridized carbons (Fsp3) is 0.190. The van der Waals surface area contributed by atoms with Gasteiger partial charge >= 0.3 is 0 Å². The summed E-state index contributed by atoms with van der Waals surface area (Å²) in [6.07, 6.45) is 6.24. The van der Waals surface area contributed by atoms with Crippen LogP contribution in [0.4, 0.5) is 5.69 Å². The second kappa shape index (κ2) is 6.57. The molecule has 0 N–H and O–H groups in total. The van der Waals surface area contributed by atoms with Crippen molar-refractivity contribution in [3.63, 3.8) is 0 Å². The maximum atomic E-state index is 4.55. The first-order valence-corrected chi connectivity index (χ1v) is 7.77. The maximum Gasteiger partial charge on any atom is 0.0625 e. The fourth-order valence-corrected chi connectivity index (χ4v) is 2.99. The minimum Gasteiger partial charge on any atom is -0.261 e. The van der Waals surface area contributed by atoms with Crippen LogP contribution in [0, 0.1) is 0 Å². The van der Waals surface area contributed by atoms with Crippen molar-refractivity contribution >= 4 is 17.5 Å². The van der Waals surface area contributed by atoms with Crippen LogP contribution >= 0.6 is 0 Å². The zero-order valence-corrected chi connectivity index (χ0v) is 13.2. The predicted octanol–water partition coefficient (Wildman–Crippen LogP) is 5.76. The van der Waals surface area contributed by atoms with Gasteiger partial charge in [0.2, 0.25) is 0 Å². The summed E-state index contributed by atoms with van der Waals surface area (Å²) in [5, 5.41) is 0. The Balaban J connectivity index is 1.81. The normalized spacial score (nSPS) is 14.7. The van der Waals surface area contributed by atoms with Gasteiger partial charge in [-0.3, -0.25) is 4.99 Å². The SMILES string of the molecule is CC1=CC(C)=C(c2ccccc2CC=Nc2ccccc2)C1. The molecule has 0 aromatic heterocycles. The Morgan fingerprint density at radius 1 is 0.955 bits per heavy atom. The van der Waals surface area contributed by atoms with Gasteiger partial charge in [0.1, 0.15) is 0 Å². The first-order chi connectivity index (χ1) is 10.7. The van der Waals surface area contributed by atoms with Gasteiger partial charge in [-0.2, -0.15) is 0 Å². The topological polar surface area (TPSA) is 12.4 Å². The highest BCUT2D eigenvalue weighted by Crippen LogP contribution is 2.34. The number of allylic oxidation sites excluding steroid dienone is 4. The molecule has 0 atom stereocenters. The van der Waals surface area contributed by atoms with Crippen LogP contribution in [0.3, 0.4) is 0 Å². The second-order valence-corrected chi connectivity index (χ2v) is 5.84. The largest absolute Gasteiger partial charge is 0.261 e. The van der Waals surface area contributed by atoms with Gasteiger partial charge in [0.25, 0.3) is 0 Å². The van der Waals surface area contributed by atoms with Crippen molar-refractivity contribution in [1.29, 1.82) is 0 Å². The van der Waals surface area contributed by atoms with Crippen molar-refractivity contribution in [2.75, 3.05) is 0 Å². The Kier molecular flexibility index (Phi) is 4.34. The van der Waals surface area contributed by atoms with Crippen molar-refractivity contribution in [2.45, 2.75) is 26.7 Å². The van der Waals surface area contributed by atoms with Crippen molar-refractivity contribution in [3.05, 3.63) is 82.9 Å². The van der Waals surface area contributed by atoms with E-state index in [9.17, 15) is 0 Å². The first kappa shape index (κ1) is 14.5. The molecule has 0 radical (unpaired) electrons. The number of hydrogen-bond donors (Lipinski definition) is 0. The summed E-state index contributed by atoms with van der Waals surface area (Å²) in [6.45, 7) is 4.41. The van der Waals surface area contributed by atoms with Gasteiger partial charge in [0.05, 0.1) is 5.69 Å². The van der Waals surface area contributed by atoms with E-state index >= 15 is 0 Å². The van der Waals surface area contributed by atoms with Gasteiger partial charge < -0.3 is 0 Å². The van der Waals surface area contributed by atoms with Crippen LogP contribution < -0.4 is 0 Å². The molecule has 2 aromatic carbocycles. The number of hydrogen-bond acceptors (Lipinski definition) is 1. The predicted molar refractivity (Wildman–Crippen MR) is 95.7 cm³/mol. The molecule has 22 heavy (non-hydrogen) atoms. The summed E-state index contributed by atoms with van der Waals surface area (Å²) >= 11 is 0. The fourth-order valence-electron chi connectivity index (χ4n) is 2.99. The van der Waals surface area contributed by atoms with Gasteiger partial charge in [-0.1, -0.05) is 54.1 Å². The molecule has 0 spiro atoms. The lowest BCUT2D eigenvalue weighted by atomic mass is 9.94. The molecule has 0 bridgehead atoms. The van der Waals surface area contributed by atoms with Crippen molar-refractivity contribution in [2.24, 2.45) is 4.99 Å². The number of benzene rings is 2. The Morgan fingerprint density at radius 2 is 1.68 bits per heavy atom. The Bertz CT molecular complexity index is 748. The van der Waals surface area contributed by atoms with Crippen LogP contribution in [0.15, 0.2) is 76.8 Å². The van der Waals surface area contributed by atoms with E-state index in [0.29, 0.717) is 0 Å². The van der Waals surface area contributed by atoms with Gasteiger partial charge in [-0.05, 0) is 54.7 Å². The molecule has 1 heteroatoms. The van der Waals surface area contributed by atoms with Gasteiger partial charge in [0.15, 0.2) is 0 Å². The lowest BCUT2D eigenvalue weighted by molar-refractivity contribution is 1.23. The quantitative estimate of drug-likeness (QED) is 0.634. The summed E-state index contributed by atoms with van der Waals surface area (Å²) in [5.74, 6) is 0. The van der Waals surface area contributed by atoms with E-state index in [1.165, 1.54) is 27.8 Å². The molecule has 0 aliphatic heterocycles. The molecule has 0 unspecified atom stereocenters. The Labute approximate surface area is 132 Å². The lowest BCUT2D eigenvalue weighted by Crippen LogP contribution is -1.95. The van der Waals surface area contributed by atoms with Crippen molar-refractivity contribution < 1.29 is 0 Å². The molecular weight excluding hydrogens is 266 g/mol. The molecule has 2 aromatic rings. The number of aliphatic imine (C=N–C) groups is 1. The van der Waals surface area contributed by atoms with E-state index in [1.54, 1.807) is 0 Å². The van der Waals surface area contributed by atoms with Gasteiger partial charge in [-0.25, -0.2) is 0 Å². The first-order valence-electron chi connectivity index (χ1n) is 7.77. The zero-order chi connectivity index (χ0) is 15.4. The highest BCUT2D eigenvalue weighted by Gasteiger charge is 2.14. The molecule has 1 nitrogen and oxygen atoms in total. The zero-order valence-electron chi connectivity index (χ0n) is 13.2. The summed E-state index contributed by atoms with van der Waals surface area (Å²) in [6, 6.07) is 18.8. The average Bonchev–Trinajstić information content (AvgIpc) is 2.87. The second-order valence-electron chi connectivity index (χ2n) is 5.84. The molecule has 0 amide bonds. The third-order valence-electron chi connectivity index (χ3n) is 4.04. The average molecular weight is 287 g/mol. The lowest BCUT2D eigenvalue weighted by Gasteiger charge is -2.10. The molecule has 0 fully saturated rings. The highest BCUT2D eigenvalue weighted by molar-refractivity contribution is 5.79. The molecule has 1 aliphatic rings. The van der Waals surface area contributed by atoms with E-state index < -0.39 is 0 Å². The van der Waals surface area contributed by atoms with Crippen LogP contribution in [-0.2, 0) is 6.42 Å². The molecule has 0 heterocycles. The van der Waals surface area contributed by atoms with Crippen molar-refractivity contribution in [3.8, 4) is 0 Å². The van der Waals surface area contributed by atoms with E-state index in [-0.39, 0.29) is 0 Å². The Hall–Kier alpha value is -2.41. The van der Waals surface area contributed by atoms with E-state index in [1.807, 2.05) is 36.5 Å². The molecule has 0 saturated heterocycles. The monoisotopic (exact) mass is 287 g/mol. The number of nitrogens with zero attached hydrogens (tertiary/aromatic N) is 1. The molecule has 1 aliphatic carbocycles. The van der Waals surface area contributed by atoms with E-state index in [4.69, 9.17) is 0 Å². The summed E-state index contributed by atoms with van der Waals surface area (Å²) in [7, 11) is 0. The molecular formula is C21H21N.